The SMILES string of the molecule is Cc1ccc2nc(CN(C)CC(C)(C)CN)cc(=O)n2c1. The average molecular weight is 288 g/mol. The van der Waals surface area contributed by atoms with Gasteiger partial charge in [0.25, 0.3) is 5.56 Å². The van der Waals surface area contributed by atoms with Crippen LogP contribution in [-0.2, 0) is 6.54 Å². The molecule has 114 valence electrons. The molecule has 0 unspecified atom stereocenters. The second-order valence-corrected chi connectivity index (χ2v) is 6.56. The first-order valence-corrected chi connectivity index (χ1v) is 7.18. The fourth-order valence-electron chi connectivity index (χ4n) is 2.47. The molecule has 5 heteroatoms. The number of pyridine rings is 1. The molecular formula is C16H24N4O. The van der Waals surface area contributed by atoms with Gasteiger partial charge in [-0.05, 0) is 37.6 Å². The van der Waals surface area contributed by atoms with Crippen LogP contribution in [0, 0.1) is 12.3 Å². The van der Waals surface area contributed by atoms with Crippen molar-refractivity contribution in [2.75, 3.05) is 20.1 Å². The van der Waals surface area contributed by atoms with Gasteiger partial charge in [0.1, 0.15) is 5.65 Å². The maximum atomic E-state index is 12.2. The first kappa shape index (κ1) is 15.7. The summed E-state index contributed by atoms with van der Waals surface area (Å²) in [5.74, 6) is 0. The predicted octanol–water partition coefficient (Wildman–Crippen LogP) is 1.42. The number of aryl methyl sites for hydroxylation is 1. The van der Waals surface area contributed by atoms with Crippen molar-refractivity contribution in [3.8, 4) is 0 Å². The Bertz CT molecular complexity index is 690. The third kappa shape index (κ3) is 3.89. The van der Waals surface area contributed by atoms with Crippen molar-refractivity contribution in [2.24, 2.45) is 11.1 Å². The second-order valence-electron chi connectivity index (χ2n) is 6.56. The number of hydrogen-bond acceptors (Lipinski definition) is 4. The lowest BCUT2D eigenvalue weighted by Gasteiger charge is -2.28. The Balaban J connectivity index is 2.24. The van der Waals surface area contributed by atoms with Crippen LogP contribution in [0.25, 0.3) is 5.65 Å². The molecule has 0 aliphatic heterocycles. The number of fused-ring (bicyclic) bond motifs is 1. The lowest BCUT2D eigenvalue weighted by atomic mass is 9.93. The van der Waals surface area contributed by atoms with Gasteiger partial charge in [-0.3, -0.25) is 14.1 Å². The summed E-state index contributed by atoms with van der Waals surface area (Å²) in [7, 11) is 2.02. The smallest absolute Gasteiger partial charge is 0.258 e. The van der Waals surface area contributed by atoms with E-state index in [1.807, 2.05) is 32.3 Å². The van der Waals surface area contributed by atoms with Crippen LogP contribution in [0.3, 0.4) is 0 Å². The lowest BCUT2D eigenvalue weighted by molar-refractivity contribution is 0.208. The van der Waals surface area contributed by atoms with E-state index in [1.54, 1.807) is 10.5 Å². The summed E-state index contributed by atoms with van der Waals surface area (Å²) in [4.78, 5) is 18.9. The van der Waals surface area contributed by atoms with Gasteiger partial charge < -0.3 is 5.73 Å². The van der Waals surface area contributed by atoms with Gasteiger partial charge >= 0.3 is 0 Å². The standard InChI is InChI=1S/C16H24N4O/c1-12-5-6-14-18-13(7-15(21)20(14)8-12)9-19(4)11-16(2,3)10-17/h5-8H,9-11,17H2,1-4H3. The van der Waals surface area contributed by atoms with E-state index in [0.717, 1.165) is 17.8 Å². The van der Waals surface area contributed by atoms with Crippen LogP contribution < -0.4 is 11.3 Å². The zero-order valence-electron chi connectivity index (χ0n) is 13.3. The third-order valence-electron chi connectivity index (χ3n) is 3.54. The molecule has 0 aliphatic carbocycles. The van der Waals surface area contributed by atoms with Crippen molar-refractivity contribution < 1.29 is 0 Å². The molecule has 21 heavy (non-hydrogen) atoms. The molecule has 5 nitrogen and oxygen atoms in total. The zero-order valence-corrected chi connectivity index (χ0v) is 13.3. The predicted molar refractivity (Wildman–Crippen MR) is 85.4 cm³/mol. The average Bonchev–Trinajstić information content (AvgIpc) is 2.39. The molecule has 0 saturated carbocycles. The summed E-state index contributed by atoms with van der Waals surface area (Å²) in [6.07, 6.45) is 1.82. The fraction of sp³-hybridized carbons (Fsp3) is 0.500. The van der Waals surface area contributed by atoms with Gasteiger partial charge in [0.15, 0.2) is 0 Å². The van der Waals surface area contributed by atoms with Crippen molar-refractivity contribution in [3.63, 3.8) is 0 Å². The van der Waals surface area contributed by atoms with Crippen LogP contribution in [0.1, 0.15) is 25.1 Å². The summed E-state index contributed by atoms with van der Waals surface area (Å²) in [5, 5.41) is 0. The van der Waals surface area contributed by atoms with Crippen LogP contribution in [0.2, 0.25) is 0 Å². The Morgan fingerprint density at radius 1 is 1.38 bits per heavy atom. The molecule has 2 aromatic rings. The van der Waals surface area contributed by atoms with Gasteiger partial charge in [0.05, 0.1) is 5.69 Å². The monoisotopic (exact) mass is 288 g/mol. The number of aromatic nitrogens is 2. The van der Waals surface area contributed by atoms with Gasteiger partial charge in [-0.15, -0.1) is 0 Å². The molecule has 0 atom stereocenters. The Morgan fingerprint density at radius 3 is 2.76 bits per heavy atom. The number of nitrogens with two attached hydrogens (primary N) is 1. The minimum absolute atomic E-state index is 0.0369. The minimum atomic E-state index is -0.0369. The Morgan fingerprint density at radius 2 is 2.10 bits per heavy atom. The summed E-state index contributed by atoms with van der Waals surface area (Å²) >= 11 is 0. The summed E-state index contributed by atoms with van der Waals surface area (Å²) < 4.78 is 1.59. The van der Waals surface area contributed by atoms with Gasteiger partial charge in [0.2, 0.25) is 0 Å². The quantitative estimate of drug-likeness (QED) is 0.904. The van der Waals surface area contributed by atoms with Crippen LogP contribution in [0.4, 0.5) is 0 Å². The van der Waals surface area contributed by atoms with Crippen molar-refractivity contribution in [1.82, 2.24) is 14.3 Å². The number of hydrogen-bond donors (Lipinski definition) is 1. The van der Waals surface area contributed by atoms with Gasteiger partial charge in [0, 0.05) is 25.4 Å². The number of rotatable bonds is 5. The molecule has 2 aromatic heterocycles. The molecule has 2 N–H and O–H groups in total. The molecule has 0 amide bonds. The maximum Gasteiger partial charge on any atom is 0.258 e. The summed E-state index contributed by atoms with van der Waals surface area (Å²) in [6.45, 7) is 8.36. The van der Waals surface area contributed by atoms with Crippen molar-refractivity contribution in [2.45, 2.75) is 27.3 Å². The van der Waals surface area contributed by atoms with Crippen LogP contribution >= 0.6 is 0 Å². The molecule has 0 radical (unpaired) electrons. The van der Waals surface area contributed by atoms with E-state index in [2.05, 4.69) is 23.7 Å². The molecule has 0 aliphatic rings. The van der Waals surface area contributed by atoms with E-state index in [4.69, 9.17) is 5.73 Å². The number of nitrogens with zero attached hydrogens (tertiary/aromatic N) is 3. The highest BCUT2D eigenvalue weighted by atomic mass is 16.1. The Kier molecular flexibility index (Phi) is 4.44. The topological polar surface area (TPSA) is 63.6 Å². The first-order chi connectivity index (χ1) is 9.80. The highest BCUT2D eigenvalue weighted by Gasteiger charge is 2.18. The molecule has 2 heterocycles. The molecule has 2 rings (SSSR count). The van der Waals surface area contributed by atoms with E-state index >= 15 is 0 Å². The maximum absolute atomic E-state index is 12.2. The van der Waals surface area contributed by atoms with Crippen molar-refractivity contribution >= 4 is 5.65 Å². The Hall–Kier alpha value is -1.72. The molecule has 0 fully saturated rings. The van der Waals surface area contributed by atoms with Crippen molar-refractivity contribution in [3.05, 3.63) is 46.0 Å². The highest BCUT2D eigenvalue weighted by molar-refractivity contribution is 5.39. The normalized spacial score (nSPS) is 12.3. The summed E-state index contributed by atoms with van der Waals surface area (Å²) in [6, 6.07) is 5.45. The molecule has 0 bridgehead atoms. The van der Waals surface area contributed by atoms with Gasteiger partial charge in [-0.1, -0.05) is 19.9 Å². The molecule has 0 aromatic carbocycles. The lowest BCUT2D eigenvalue weighted by Crippen LogP contribution is -2.36. The fourth-order valence-corrected chi connectivity index (χ4v) is 2.47. The minimum Gasteiger partial charge on any atom is -0.330 e. The van der Waals surface area contributed by atoms with Crippen LogP contribution in [0.15, 0.2) is 29.2 Å². The zero-order chi connectivity index (χ0) is 15.6. The molecule has 0 spiro atoms. The largest absolute Gasteiger partial charge is 0.330 e. The Labute approximate surface area is 125 Å². The third-order valence-corrected chi connectivity index (χ3v) is 3.54. The van der Waals surface area contributed by atoms with Gasteiger partial charge in [-0.25, -0.2) is 4.98 Å². The van der Waals surface area contributed by atoms with E-state index in [9.17, 15) is 4.79 Å². The summed E-state index contributed by atoms with van der Waals surface area (Å²) in [5.41, 5.74) is 8.30. The van der Waals surface area contributed by atoms with E-state index < -0.39 is 0 Å². The van der Waals surface area contributed by atoms with E-state index in [0.29, 0.717) is 18.7 Å². The van der Waals surface area contributed by atoms with Crippen molar-refractivity contribution in [1.29, 1.82) is 0 Å². The van der Waals surface area contributed by atoms with E-state index in [-0.39, 0.29) is 11.0 Å². The van der Waals surface area contributed by atoms with Gasteiger partial charge in [-0.2, -0.15) is 0 Å². The highest BCUT2D eigenvalue weighted by Crippen LogP contribution is 2.15. The van der Waals surface area contributed by atoms with E-state index in [1.165, 1.54) is 0 Å². The molecule has 0 saturated heterocycles. The molecular weight excluding hydrogens is 264 g/mol. The second kappa shape index (κ2) is 5.95. The van der Waals surface area contributed by atoms with Crippen LogP contribution in [-0.4, -0.2) is 34.4 Å². The first-order valence-electron chi connectivity index (χ1n) is 7.18. The van der Waals surface area contributed by atoms with Crippen LogP contribution in [0.5, 0.6) is 0 Å².